The van der Waals surface area contributed by atoms with Crippen LogP contribution in [-0.4, -0.2) is 9.97 Å². The van der Waals surface area contributed by atoms with Gasteiger partial charge in [-0.05, 0) is 51.7 Å². The van der Waals surface area contributed by atoms with E-state index in [4.69, 9.17) is 14.4 Å². The summed E-state index contributed by atoms with van der Waals surface area (Å²) in [5, 5.41) is 9.35. The van der Waals surface area contributed by atoms with Crippen LogP contribution < -0.4 is 0 Å². The van der Waals surface area contributed by atoms with Crippen LogP contribution in [0.15, 0.2) is 132 Å². The molecule has 0 amide bonds. The SMILES string of the molecule is Cc1cccc2c1oc1c(-c3cccc(-c4cnc5c6ccccc6c6ccccc6c5n4)c3)cc3ccccc3c12. The van der Waals surface area contributed by atoms with Gasteiger partial charge in [-0.15, -0.1) is 0 Å². The molecule has 0 aliphatic carbocycles. The number of rotatable bonds is 2. The van der Waals surface area contributed by atoms with Crippen molar-refractivity contribution >= 4 is 65.3 Å². The molecular weight excluding hydrogens is 512 g/mol. The van der Waals surface area contributed by atoms with Crippen molar-refractivity contribution in [2.75, 3.05) is 0 Å². The fourth-order valence-electron chi connectivity index (χ4n) is 6.61. The molecule has 9 rings (SSSR count). The maximum absolute atomic E-state index is 6.64. The number of nitrogens with zero attached hydrogens (tertiary/aromatic N) is 2. The first-order valence-electron chi connectivity index (χ1n) is 14.3. The molecule has 0 spiro atoms. The minimum Gasteiger partial charge on any atom is -0.455 e. The Morgan fingerprint density at radius 1 is 0.524 bits per heavy atom. The number of hydrogen-bond donors (Lipinski definition) is 0. The lowest BCUT2D eigenvalue weighted by Crippen LogP contribution is -1.92. The Labute approximate surface area is 241 Å². The van der Waals surface area contributed by atoms with Gasteiger partial charge in [0.25, 0.3) is 0 Å². The molecule has 2 heterocycles. The normalized spacial score (nSPS) is 11.9. The molecule has 0 fully saturated rings. The maximum Gasteiger partial charge on any atom is 0.143 e. The van der Waals surface area contributed by atoms with Crippen LogP contribution in [0.25, 0.3) is 87.7 Å². The molecule has 0 aliphatic rings. The van der Waals surface area contributed by atoms with Crippen molar-refractivity contribution in [3.8, 4) is 22.4 Å². The quantitative estimate of drug-likeness (QED) is 0.206. The smallest absolute Gasteiger partial charge is 0.143 e. The molecule has 3 nitrogen and oxygen atoms in total. The number of fused-ring (bicyclic) bond motifs is 11. The van der Waals surface area contributed by atoms with Crippen molar-refractivity contribution in [2.45, 2.75) is 6.92 Å². The topological polar surface area (TPSA) is 38.9 Å². The molecule has 2 aromatic heterocycles. The van der Waals surface area contributed by atoms with E-state index in [1.165, 1.54) is 21.5 Å². The number of hydrogen-bond acceptors (Lipinski definition) is 3. The van der Waals surface area contributed by atoms with Crippen molar-refractivity contribution in [3.63, 3.8) is 0 Å². The lowest BCUT2D eigenvalue weighted by molar-refractivity contribution is 0.667. The molecule has 0 aliphatic heterocycles. The average molecular weight is 537 g/mol. The van der Waals surface area contributed by atoms with E-state index >= 15 is 0 Å². The van der Waals surface area contributed by atoms with Gasteiger partial charge in [0.1, 0.15) is 11.2 Å². The fraction of sp³-hybridized carbons (Fsp3) is 0.0256. The summed E-state index contributed by atoms with van der Waals surface area (Å²) in [4.78, 5) is 10.2. The van der Waals surface area contributed by atoms with Crippen LogP contribution in [0.4, 0.5) is 0 Å². The summed E-state index contributed by atoms with van der Waals surface area (Å²) >= 11 is 0. The van der Waals surface area contributed by atoms with Crippen LogP contribution in [0, 0.1) is 6.92 Å². The van der Waals surface area contributed by atoms with Crippen LogP contribution in [0.3, 0.4) is 0 Å². The first kappa shape index (κ1) is 23.2. The second-order valence-corrected chi connectivity index (χ2v) is 11.0. The Kier molecular flexibility index (Phi) is 4.82. The van der Waals surface area contributed by atoms with Gasteiger partial charge in [-0.25, -0.2) is 4.98 Å². The largest absolute Gasteiger partial charge is 0.455 e. The Morgan fingerprint density at radius 2 is 1.17 bits per heavy atom. The van der Waals surface area contributed by atoms with E-state index < -0.39 is 0 Å². The van der Waals surface area contributed by atoms with E-state index in [0.717, 1.165) is 71.7 Å². The summed E-state index contributed by atoms with van der Waals surface area (Å²) in [6.45, 7) is 2.11. The molecule has 0 atom stereocenters. The first-order chi connectivity index (χ1) is 20.7. The zero-order valence-electron chi connectivity index (χ0n) is 22.9. The lowest BCUT2D eigenvalue weighted by atomic mass is 9.95. The summed E-state index contributed by atoms with van der Waals surface area (Å²) in [5.74, 6) is 0. The van der Waals surface area contributed by atoms with Crippen LogP contribution in [0.1, 0.15) is 5.56 Å². The molecule has 9 aromatic rings. The van der Waals surface area contributed by atoms with Crippen LogP contribution in [-0.2, 0) is 0 Å². The molecule has 0 unspecified atom stereocenters. The number of para-hydroxylation sites is 1. The third-order valence-electron chi connectivity index (χ3n) is 8.58. The van der Waals surface area contributed by atoms with E-state index in [9.17, 15) is 0 Å². The first-order valence-corrected chi connectivity index (χ1v) is 14.3. The molecule has 0 saturated carbocycles. The summed E-state index contributed by atoms with van der Waals surface area (Å²) in [7, 11) is 0. The van der Waals surface area contributed by atoms with E-state index in [0.29, 0.717) is 0 Å². The summed E-state index contributed by atoms with van der Waals surface area (Å²) < 4.78 is 6.64. The van der Waals surface area contributed by atoms with Crippen molar-refractivity contribution < 1.29 is 4.42 Å². The highest BCUT2D eigenvalue weighted by atomic mass is 16.3. The van der Waals surface area contributed by atoms with E-state index in [1.54, 1.807) is 0 Å². The van der Waals surface area contributed by atoms with Gasteiger partial charge < -0.3 is 4.42 Å². The lowest BCUT2D eigenvalue weighted by Gasteiger charge is -2.11. The van der Waals surface area contributed by atoms with Gasteiger partial charge in [-0.2, -0.15) is 0 Å². The third kappa shape index (κ3) is 3.28. The molecule has 42 heavy (non-hydrogen) atoms. The van der Waals surface area contributed by atoms with Crippen molar-refractivity contribution in [1.82, 2.24) is 9.97 Å². The van der Waals surface area contributed by atoms with Gasteiger partial charge in [-0.3, -0.25) is 4.98 Å². The predicted molar refractivity (Wildman–Crippen MR) is 175 cm³/mol. The number of aryl methyl sites for hydroxylation is 1. The molecule has 0 N–H and O–H groups in total. The molecule has 3 heteroatoms. The monoisotopic (exact) mass is 536 g/mol. The van der Waals surface area contributed by atoms with Gasteiger partial charge in [0.05, 0.1) is 22.9 Å². The molecular formula is C39H24N2O. The predicted octanol–water partition coefficient (Wildman–Crippen LogP) is 10.6. The highest BCUT2D eigenvalue weighted by molar-refractivity contribution is 6.24. The van der Waals surface area contributed by atoms with Crippen LogP contribution in [0.5, 0.6) is 0 Å². The minimum absolute atomic E-state index is 0.849. The summed E-state index contributed by atoms with van der Waals surface area (Å²) in [5.41, 5.74) is 8.88. The Balaban J connectivity index is 1.29. The Hall–Kier alpha value is -5.54. The maximum atomic E-state index is 6.64. The molecule has 0 radical (unpaired) electrons. The molecule has 7 aromatic carbocycles. The van der Waals surface area contributed by atoms with Gasteiger partial charge in [-0.1, -0.05) is 109 Å². The van der Waals surface area contributed by atoms with Crippen molar-refractivity contribution in [2.24, 2.45) is 0 Å². The summed E-state index contributed by atoms with van der Waals surface area (Å²) in [6, 6.07) is 42.7. The number of furan rings is 1. The highest BCUT2D eigenvalue weighted by Gasteiger charge is 2.18. The number of benzene rings is 7. The second kappa shape index (κ2) is 8.73. The van der Waals surface area contributed by atoms with Gasteiger partial charge >= 0.3 is 0 Å². The molecule has 0 saturated heterocycles. The third-order valence-corrected chi connectivity index (χ3v) is 8.58. The highest BCUT2D eigenvalue weighted by Crippen LogP contribution is 2.42. The zero-order chi connectivity index (χ0) is 27.8. The average Bonchev–Trinajstić information content (AvgIpc) is 3.46. The zero-order valence-corrected chi connectivity index (χ0v) is 22.9. The summed E-state index contributed by atoms with van der Waals surface area (Å²) in [6.07, 6.45) is 1.91. The second-order valence-electron chi connectivity index (χ2n) is 11.0. The fourth-order valence-corrected chi connectivity index (χ4v) is 6.61. The Morgan fingerprint density at radius 3 is 1.98 bits per heavy atom. The van der Waals surface area contributed by atoms with E-state index in [2.05, 4.69) is 128 Å². The van der Waals surface area contributed by atoms with Crippen LogP contribution >= 0.6 is 0 Å². The van der Waals surface area contributed by atoms with Crippen LogP contribution in [0.2, 0.25) is 0 Å². The van der Waals surface area contributed by atoms with Crippen molar-refractivity contribution in [1.29, 1.82) is 0 Å². The number of aromatic nitrogens is 2. The van der Waals surface area contributed by atoms with Crippen molar-refractivity contribution in [3.05, 3.63) is 133 Å². The molecule has 196 valence electrons. The Bertz CT molecular complexity index is 2510. The van der Waals surface area contributed by atoms with Gasteiger partial charge in [0.15, 0.2) is 0 Å². The standard InChI is InChI=1S/C39H24N2O/c1-23-10-8-19-32-35-27-14-3-2-11-25(27)21-33(39(35)42-38(23)32)24-12-9-13-26(20-24)34-22-40-36-30-17-6-4-15-28(30)29-16-5-7-18-31(29)37(36)41-34/h2-22H,1H3. The minimum atomic E-state index is 0.849. The van der Waals surface area contributed by atoms with E-state index in [1.807, 2.05) is 6.20 Å². The van der Waals surface area contributed by atoms with Gasteiger partial charge in [0.2, 0.25) is 0 Å². The van der Waals surface area contributed by atoms with E-state index in [-0.39, 0.29) is 0 Å². The molecule has 0 bridgehead atoms. The van der Waals surface area contributed by atoms with Gasteiger partial charge in [0, 0.05) is 32.7 Å².